The van der Waals surface area contributed by atoms with E-state index in [0.717, 1.165) is 13.0 Å². The number of rotatable bonds is 3. The van der Waals surface area contributed by atoms with E-state index in [-0.39, 0.29) is 17.6 Å². The Morgan fingerprint density at radius 1 is 1.64 bits per heavy atom. The van der Waals surface area contributed by atoms with Crippen molar-refractivity contribution in [2.75, 3.05) is 19.7 Å². The van der Waals surface area contributed by atoms with Gasteiger partial charge in [0.1, 0.15) is 6.10 Å². The molecule has 1 rings (SSSR count). The van der Waals surface area contributed by atoms with Gasteiger partial charge in [-0.1, -0.05) is 6.92 Å². The van der Waals surface area contributed by atoms with Gasteiger partial charge in [-0.3, -0.25) is 4.79 Å². The fraction of sp³-hybridized carbons (Fsp3) is 0.900. The van der Waals surface area contributed by atoms with Crippen molar-refractivity contribution < 1.29 is 9.53 Å². The molecule has 1 amide bonds. The smallest absolute Gasteiger partial charge is 0.250 e. The van der Waals surface area contributed by atoms with Crippen molar-refractivity contribution in [2.45, 2.75) is 38.8 Å². The Hall–Kier alpha value is -0.610. The SMILES string of the molecule is CCC(C)(C)NC(=O)C1CNCCO1. The molecule has 4 nitrogen and oxygen atoms in total. The fourth-order valence-corrected chi connectivity index (χ4v) is 1.24. The highest BCUT2D eigenvalue weighted by molar-refractivity contribution is 5.81. The predicted octanol–water partition coefficient (Wildman–Crippen LogP) is 0.280. The summed E-state index contributed by atoms with van der Waals surface area (Å²) in [6.07, 6.45) is 0.591. The van der Waals surface area contributed by atoms with Crippen LogP contribution in [0.1, 0.15) is 27.2 Å². The first-order chi connectivity index (χ1) is 6.55. The Labute approximate surface area is 85.4 Å². The zero-order valence-corrected chi connectivity index (χ0v) is 9.22. The molecule has 14 heavy (non-hydrogen) atoms. The Morgan fingerprint density at radius 3 is 2.86 bits per heavy atom. The summed E-state index contributed by atoms with van der Waals surface area (Å²) < 4.78 is 5.36. The zero-order chi connectivity index (χ0) is 10.6. The summed E-state index contributed by atoms with van der Waals surface area (Å²) in [7, 11) is 0. The van der Waals surface area contributed by atoms with Crippen LogP contribution < -0.4 is 10.6 Å². The molecule has 0 spiro atoms. The summed E-state index contributed by atoms with van der Waals surface area (Å²) in [5, 5.41) is 6.11. The second-order valence-electron chi connectivity index (χ2n) is 4.29. The van der Waals surface area contributed by atoms with Crippen LogP contribution in [0.4, 0.5) is 0 Å². The maximum absolute atomic E-state index is 11.7. The Balaban J connectivity index is 2.40. The zero-order valence-electron chi connectivity index (χ0n) is 9.22. The second-order valence-corrected chi connectivity index (χ2v) is 4.29. The van der Waals surface area contributed by atoms with Crippen LogP contribution in [0.3, 0.4) is 0 Å². The molecule has 2 N–H and O–H groups in total. The number of hydrogen-bond acceptors (Lipinski definition) is 3. The van der Waals surface area contributed by atoms with Crippen LogP contribution >= 0.6 is 0 Å². The molecule has 0 bridgehead atoms. The van der Waals surface area contributed by atoms with Crippen molar-refractivity contribution in [1.29, 1.82) is 0 Å². The lowest BCUT2D eigenvalue weighted by atomic mass is 10.0. The number of nitrogens with one attached hydrogen (secondary N) is 2. The summed E-state index contributed by atoms with van der Waals surface area (Å²) >= 11 is 0. The summed E-state index contributed by atoms with van der Waals surface area (Å²) in [5.41, 5.74) is -0.141. The number of hydrogen-bond donors (Lipinski definition) is 2. The number of amides is 1. The van der Waals surface area contributed by atoms with Crippen LogP contribution in [-0.2, 0) is 9.53 Å². The van der Waals surface area contributed by atoms with Gasteiger partial charge < -0.3 is 15.4 Å². The minimum absolute atomic E-state index is 0.0101. The van der Waals surface area contributed by atoms with Gasteiger partial charge in [0, 0.05) is 18.6 Å². The Bertz CT molecular complexity index is 198. The van der Waals surface area contributed by atoms with E-state index in [1.54, 1.807) is 0 Å². The highest BCUT2D eigenvalue weighted by Crippen LogP contribution is 2.08. The summed E-state index contributed by atoms with van der Waals surface area (Å²) in [5.74, 6) is -0.0101. The van der Waals surface area contributed by atoms with E-state index in [1.807, 2.05) is 13.8 Å². The second kappa shape index (κ2) is 4.75. The van der Waals surface area contributed by atoms with Crippen molar-refractivity contribution in [3.63, 3.8) is 0 Å². The predicted molar refractivity (Wildman–Crippen MR) is 55.1 cm³/mol. The maximum atomic E-state index is 11.7. The topological polar surface area (TPSA) is 50.4 Å². The molecule has 0 saturated carbocycles. The molecule has 82 valence electrons. The van der Waals surface area contributed by atoms with Crippen molar-refractivity contribution in [3.8, 4) is 0 Å². The molecule has 1 unspecified atom stereocenters. The van der Waals surface area contributed by atoms with Crippen LogP contribution in [-0.4, -0.2) is 37.2 Å². The van der Waals surface area contributed by atoms with Crippen LogP contribution in [0, 0.1) is 0 Å². The van der Waals surface area contributed by atoms with Crippen LogP contribution in [0.5, 0.6) is 0 Å². The van der Waals surface area contributed by atoms with E-state index in [4.69, 9.17) is 4.74 Å². The Morgan fingerprint density at radius 2 is 2.36 bits per heavy atom. The molecule has 0 aromatic heterocycles. The largest absolute Gasteiger partial charge is 0.366 e. The molecule has 1 heterocycles. The van der Waals surface area contributed by atoms with E-state index < -0.39 is 0 Å². The quantitative estimate of drug-likeness (QED) is 0.688. The van der Waals surface area contributed by atoms with Crippen LogP contribution in [0.2, 0.25) is 0 Å². The van der Waals surface area contributed by atoms with Gasteiger partial charge in [-0.25, -0.2) is 0 Å². The first-order valence-electron chi connectivity index (χ1n) is 5.19. The molecule has 0 aromatic carbocycles. The lowest BCUT2D eigenvalue weighted by Gasteiger charge is -2.29. The lowest BCUT2D eigenvalue weighted by molar-refractivity contribution is -0.135. The molecule has 0 radical (unpaired) electrons. The lowest BCUT2D eigenvalue weighted by Crippen LogP contribution is -2.53. The molecule has 1 saturated heterocycles. The van der Waals surface area contributed by atoms with Gasteiger partial charge in [0.2, 0.25) is 0 Å². The highest BCUT2D eigenvalue weighted by atomic mass is 16.5. The number of carbonyl (C=O) groups is 1. The van der Waals surface area contributed by atoms with Crippen LogP contribution in [0.15, 0.2) is 0 Å². The van der Waals surface area contributed by atoms with E-state index >= 15 is 0 Å². The molecular formula is C10H20N2O2. The molecule has 1 fully saturated rings. The highest BCUT2D eigenvalue weighted by Gasteiger charge is 2.26. The molecule has 4 heteroatoms. The third-order valence-electron chi connectivity index (χ3n) is 2.57. The third kappa shape index (κ3) is 3.27. The molecule has 0 aliphatic carbocycles. The fourth-order valence-electron chi connectivity index (χ4n) is 1.24. The molecule has 1 atom stereocenters. The van der Waals surface area contributed by atoms with E-state index in [1.165, 1.54) is 0 Å². The average Bonchev–Trinajstić information content (AvgIpc) is 2.19. The third-order valence-corrected chi connectivity index (χ3v) is 2.57. The summed E-state index contributed by atoms with van der Waals surface area (Å²) in [6.45, 7) is 8.15. The van der Waals surface area contributed by atoms with Gasteiger partial charge in [0.15, 0.2) is 0 Å². The van der Waals surface area contributed by atoms with Gasteiger partial charge in [0.25, 0.3) is 5.91 Å². The van der Waals surface area contributed by atoms with Crippen molar-refractivity contribution >= 4 is 5.91 Å². The average molecular weight is 200 g/mol. The summed E-state index contributed by atoms with van der Waals surface area (Å²) in [6, 6.07) is 0. The Kier molecular flexibility index (Phi) is 3.89. The van der Waals surface area contributed by atoms with Crippen molar-refractivity contribution in [1.82, 2.24) is 10.6 Å². The van der Waals surface area contributed by atoms with Crippen molar-refractivity contribution in [3.05, 3.63) is 0 Å². The normalized spacial score (nSPS) is 23.2. The van der Waals surface area contributed by atoms with E-state index in [9.17, 15) is 4.79 Å². The first-order valence-corrected chi connectivity index (χ1v) is 5.19. The number of morpholine rings is 1. The monoisotopic (exact) mass is 200 g/mol. The number of carbonyl (C=O) groups excluding carboxylic acids is 1. The minimum atomic E-state index is -0.324. The minimum Gasteiger partial charge on any atom is -0.366 e. The van der Waals surface area contributed by atoms with E-state index in [2.05, 4.69) is 17.6 Å². The van der Waals surface area contributed by atoms with Gasteiger partial charge in [0.05, 0.1) is 6.61 Å². The van der Waals surface area contributed by atoms with Crippen LogP contribution in [0.25, 0.3) is 0 Å². The maximum Gasteiger partial charge on any atom is 0.250 e. The molecular weight excluding hydrogens is 180 g/mol. The van der Waals surface area contributed by atoms with E-state index in [0.29, 0.717) is 13.2 Å². The molecule has 1 aliphatic rings. The summed E-state index contributed by atoms with van der Waals surface area (Å²) in [4.78, 5) is 11.7. The van der Waals surface area contributed by atoms with Crippen molar-refractivity contribution in [2.24, 2.45) is 0 Å². The first kappa shape index (κ1) is 11.5. The molecule has 1 aliphatic heterocycles. The van der Waals surface area contributed by atoms with Gasteiger partial charge in [-0.2, -0.15) is 0 Å². The molecule has 0 aromatic rings. The standard InChI is InChI=1S/C10H20N2O2/c1-4-10(2,3)12-9(13)8-7-11-5-6-14-8/h8,11H,4-7H2,1-3H3,(H,12,13). The van der Waals surface area contributed by atoms with Gasteiger partial charge in [-0.05, 0) is 20.3 Å². The number of ether oxygens (including phenoxy) is 1. The van der Waals surface area contributed by atoms with Gasteiger partial charge in [-0.15, -0.1) is 0 Å². The van der Waals surface area contributed by atoms with Gasteiger partial charge >= 0.3 is 0 Å².